The van der Waals surface area contributed by atoms with E-state index in [1.165, 1.54) is 0 Å². The van der Waals surface area contributed by atoms with Crippen molar-refractivity contribution in [2.75, 3.05) is 17.7 Å². The monoisotopic (exact) mass is 334 g/mol. The lowest BCUT2D eigenvalue weighted by atomic mass is 10.1. The summed E-state index contributed by atoms with van der Waals surface area (Å²) >= 11 is 0. The molecule has 0 saturated heterocycles. The highest BCUT2D eigenvalue weighted by Gasteiger charge is 2.09. The molecule has 5 heteroatoms. The van der Waals surface area contributed by atoms with Gasteiger partial charge in [-0.15, -0.1) is 12.4 Å². The zero-order valence-corrected chi connectivity index (χ0v) is 14.4. The number of ether oxygens (including phenoxy) is 1. The second kappa shape index (κ2) is 8.44. The van der Waals surface area contributed by atoms with Crippen molar-refractivity contribution in [1.82, 2.24) is 0 Å². The third-order valence-electron chi connectivity index (χ3n) is 3.19. The summed E-state index contributed by atoms with van der Waals surface area (Å²) in [7, 11) is 0. The third-order valence-corrected chi connectivity index (χ3v) is 3.19. The van der Waals surface area contributed by atoms with Crippen LogP contribution in [0.1, 0.15) is 29.8 Å². The molecule has 4 nitrogen and oxygen atoms in total. The molecule has 23 heavy (non-hydrogen) atoms. The van der Waals surface area contributed by atoms with Crippen LogP contribution in [-0.4, -0.2) is 12.5 Å². The van der Waals surface area contributed by atoms with E-state index in [1.807, 2.05) is 31.2 Å². The maximum Gasteiger partial charge on any atom is 0.255 e. The SMILES string of the molecule is Cc1ccc(N)cc1NC(=O)c1cccc(OCC(C)C)c1.Cl. The zero-order chi connectivity index (χ0) is 16.1. The Bertz CT molecular complexity index is 672. The molecule has 0 atom stereocenters. The summed E-state index contributed by atoms with van der Waals surface area (Å²) in [6.45, 7) is 6.72. The molecule has 0 radical (unpaired) electrons. The van der Waals surface area contributed by atoms with E-state index in [-0.39, 0.29) is 18.3 Å². The van der Waals surface area contributed by atoms with Crippen molar-refractivity contribution in [2.24, 2.45) is 5.92 Å². The summed E-state index contributed by atoms with van der Waals surface area (Å²) in [4.78, 5) is 12.4. The lowest BCUT2D eigenvalue weighted by Crippen LogP contribution is -2.13. The molecule has 0 fully saturated rings. The van der Waals surface area contributed by atoms with Gasteiger partial charge < -0.3 is 15.8 Å². The van der Waals surface area contributed by atoms with Crippen molar-refractivity contribution < 1.29 is 9.53 Å². The van der Waals surface area contributed by atoms with E-state index in [2.05, 4.69) is 19.2 Å². The average Bonchev–Trinajstić information content (AvgIpc) is 2.49. The van der Waals surface area contributed by atoms with Gasteiger partial charge in [0.15, 0.2) is 0 Å². The van der Waals surface area contributed by atoms with Crippen molar-refractivity contribution in [1.29, 1.82) is 0 Å². The van der Waals surface area contributed by atoms with Gasteiger partial charge in [0, 0.05) is 16.9 Å². The van der Waals surface area contributed by atoms with Crippen LogP contribution in [0.4, 0.5) is 11.4 Å². The topological polar surface area (TPSA) is 64.3 Å². The summed E-state index contributed by atoms with van der Waals surface area (Å²) < 4.78 is 5.65. The Morgan fingerprint density at radius 1 is 1.22 bits per heavy atom. The number of rotatable bonds is 5. The average molecular weight is 335 g/mol. The number of nitrogen functional groups attached to an aromatic ring is 1. The Labute approximate surface area is 143 Å². The largest absolute Gasteiger partial charge is 0.493 e. The van der Waals surface area contributed by atoms with Crippen molar-refractivity contribution in [3.8, 4) is 5.75 Å². The number of halogens is 1. The Morgan fingerprint density at radius 3 is 2.65 bits per heavy atom. The molecule has 0 aliphatic rings. The Balaban J connectivity index is 0.00000264. The highest BCUT2D eigenvalue weighted by Crippen LogP contribution is 2.20. The maximum absolute atomic E-state index is 12.4. The zero-order valence-electron chi connectivity index (χ0n) is 13.6. The van der Waals surface area contributed by atoms with Gasteiger partial charge in [0.25, 0.3) is 5.91 Å². The number of nitrogens with two attached hydrogens (primary N) is 1. The van der Waals surface area contributed by atoms with Crippen molar-refractivity contribution in [3.63, 3.8) is 0 Å². The number of benzene rings is 2. The van der Waals surface area contributed by atoms with E-state index >= 15 is 0 Å². The molecule has 2 rings (SSSR count). The number of carbonyl (C=O) groups excluding carboxylic acids is 1. The van der Waals surface area contributed by atoms with Gasteiger partial charge in [-0.05, 0) is 48.7 Å². The molecule has 2 aromatic carbocycles. The lowest BCUT2D eigenvalue weighted by molar-refractivity contribution is 0.102. The first-order valence-corrected chi connectivity index (χ1v) is 7.36. The van der Waals surface area contributed by atoms with Gasteiger partial charge in [-0.1, -0.05) is 26.0 Å². The normalized spacial score (nSPS) is 10.1. The number of hydrogen-bond donors (Lipinski definition) is 2. The van der Waals surface area contributed by atoms with Crippen LogP contribution in [-0.2, 0) is 0 Å². The van der Waals surface area contributed by atoms with E-state index in [0.717, 1.165) is 11.3 Å². The molecule has 0 aliphatic heterocycles. The standard InChI is InChI=1S/C18H22N2O2.ClH/c1-12(2)11-22-16-6-4-5-14(9-16)18(21)20-17-10-15(19)8-7-13(17)3;/h4-10,12H,11,19H2,1-3H3,(H,20,21);1H. The number of carbonyl (C=O) groups is 1. The molecule has 0 aliphatic carbocycles. The highest BCUT2D eigenvalue weighted by molar-refractivity contribution is 6.05. The first-order chi connectivity index (χ1) is 10.5. The fourth-order valence-corrected chi connectivity index (χ4v) is 1.96. The van der Waals surface area contributed by atoms with Crippen LogP contribution in [0.15, 0.2) is 42.5 Å². The maximum atomic E-state index is 12.4. The van der Waals surface area contributed by atoms with Crippen LogP contribution >= 0.6 is 12.4 Å². The van der Waals surface area contributed by atoms with Gasteiger partial charge >= 0.3 is 0 Å². The fourth-order valence-electron chi connectivity index (χ4n) is 1.96. The number of amides is 1. The lowest BCUT2D eigenvalue weighted by Gasteiger charge is -2.11. The summed E-state index contributed by atoms with van der Waals surface area (Å²) in [5.41, 5.74) is 8.63. The third kappa shape index (κ3) is 5.49. The summed E-state index contributed by atoms with van der Waals surface area (Å²) in [6, 6.07) is 12.6. The molecular formula is C18H23ClN2O2. The van der Waals surface area contributed by atoms with Crippen LogP contribution in [0.5, 0.6) is 5.75 Å². The summed E-state index contributed by atoms with van der Waals surface area (Å²) in [5, 5.41) is 2.88. The van der Waals surface area contributed by atoms with E-state index in [1.54, 1.807) is 18.2 Å². The number of hydrogen-bond acceptors (Lipinski definition) is 3. The van der Waals surface area contributed by atoms with Crippen molar-refractivity contribution in [3.05, 3.63) is 53.6 Å². The minimum atomic E-state index is -0.177. The molecule has 1 amide bonds. The van der Waals surface area contributed by atoms with Crippen molar-refractivity contribution in [2.45, 2.75) is 20.8 Å². The minimum absolute atomic E-state index is 0. The molecule has 3 N–H and O–H groups in total. The summed E-state index contributed by atoms with van der Waals surface area (Å²) in [5.74, 6) is 0.960. The first kappa shape index (κ1) is 18.8. The highest BCUT2D eigenvalue weighted by atomic mass is 35.5. The number of aryl methyl sites for hydroxylation is 1. The van der Waals surface area contributed by atoms with Crippen LogP contribution < -0.4 is 15.8 Å². The summed E-state index contributed by atoms with van der Waals surface area (Å²) in [6.07, 6.45) is 0. The second-order valence-corrected chi connectivity index (χ2v) is 5.76. The predicted octanol–water partition coefficient (Wildman–Crippen LogP) is 4.29. The predicted molar refractivity (Wildman–Crippen MR) is 97.6 cm³/mol. The molecule has 0 unspecified atom stereocenters. The van der Waals surface area contributed by atoms with Crippen LogP contribution in [0.3, 0.4) is 0 Å². The molecule has 0 saturated carbocycles. The van der Waals surface area contributed by atoms with Gasteiger partial charge in [0.1, 0.15) is 5.75 Å². The van der Waals surface area contributed by atoms with E-state index in [0.29, 0.717) is 29.5 Å². The van der Waals surface area contributed by atoms with E-state index in [4.69, 9.17) is 10.5 Å². The molecular weight excluding hydrogens is 312 g/mol. The number of nitrogens with one attached hydrogen (secondary N) is 1. The Kier molecular flexibility index (Phi) is 6.91. The van der Waals surface area contributed by atoms with E-state index in [9.17, 15) is 4.79 Å². The smallest absolute Gasteiger partial charge is 0.255 e. The van der Waals surface area contributed by atoms with E-state index < -0.39 is 0 Å². The van der Waals surface area contributed by atoms with Gasteiger partial charge in [-0.25, -0.2) is 0 Å². The van der Waals surface area contributed by atoms with Gasteiger partial charge in [0.2, 0.25) is 0 Å². The Morgan fingerprint density at radius 2 is 1.96 bits per heavy atom. The molecule has 0 bridgehead atoms. The molecule has 0 aromatic heterocycles. The minimum Gasteiger partial charge on any atom is -0.493 e. The first-order valence-electron chi connectivity index (χ1n) is 7.36. The quantitative estimate of drug-likeness (QED) is 0.802. The van der Waals surface area contributed by atoms with Crippen LogP contribution in [0.2, 0.25) is 0 Å². The molecule has 0 spiro atoms. The van der Waals surface area contributed by atoms with Gasteiger partial charge in [-0.2, -0.15) is 0 Å². The molecule has 124 valence electrons. The molecule has 2 aromatic rings. The van der Waals surface area contributed by atoms with Crippen LogP contribution in [0, 0.1) is 12.8 Å². The van der Waals surface area contributed by atoms with Crippen molar-refractivity contribution >= 4 is 29.7 Å². The second-order valence-electron chi connectivity index (χ2n) is 5.76. The fraction of sp³-hybridized carbons (Fsp3) is 0.278. The van der Waals surface area contributed by atoms with Crippen LogP contribution in [0.25, 0.3) is 0 Å². The van der Waals surface area contributed by atoms with Gasteiger partial charge in [-0.3, -0.25) is 4.79 Å². The number of anilines is 2. The molecule has 0 heterocycles. The Hall–Kier alpha value is -2.20. The van der Waals surface area contributed by atoms with Gasteiger partial charge in [0.05, 0.1) is 6.61 Å².